The van der Waals surface area contributed by atoms with Crippen LogP contribution in [-0.4, -0.2) is 23.6 Å². The Hall–Kier alpha value is -0.450. The number of aromatic nitrogens is 1. The Morgan fingerprint density at radius 1 is 1.56 bits per heavy atom. The minimum Gasteiger partial charge on any atom is -0.324 e. The van der Waals surface area contributed by atoms with Crippen LogP contribution in [0.4, 0.5) is 0 Å². The summed E-state index contributed by atoms with van der Waals surface area (Å²) in [5.74, 6) is 0. The zero-order chi connectivity index (χ0) is 12.0. The summed E-state index contributed by atoms with van der Waals surface area (Å²) in [5.41, 5.74) is 7.24. The minimum absolute atomic E-state index is 0.0766. The summed E-state index contributed by atoms with van der Waals surface area (Å²) in [5, 5.41) is 6.68. The van der Waals surface area contributed by atoms with Crippen LogP contribution in [0.25, 0.3) is 0 Å². The van der Waals surface area contributed by atoms with Crippen molar-refractivity contribution >= 4 is 11.3 Å². The van der Waals surface area contributed by atoms with Crippen molar-refractivity contribution in [3.8, 4) is 0 Å². The molecule has 1 aromatic heterocycles. The van der Waals surface area contributed by atoms with E-state index in [1.165, 1.54) is 5.69 Å². The molecule has 0 amide bonds. The number of aryl methyl sites for hydroxylation is 1. The second-order valence-electron chi connectivity index (χ2n) is 4.69. The third kappa shape index (κ3) is 5.05. The second kappa shape index (κ2) is 6.33. The molecule has 3 N–H and O–H groups in total. The fourth-order valence-corrected chi connectivity index (χ4v) is 2.42. The molecule has 1 unspecified atom stereocenters. The van der Waals surface area contributed by atoms with Crippen LogP contribution in [-0.2, 0) is 6.42 Å². The van der Waals surface area contributed by atoms with E-state index >= 15 is 0 Å². The average molecular weight is 241 g/mol. The highest BCUT2D eigenvalue weighted by molar-refractivity contribution is 7.09. The Bertz CT molecular complexity index is 307. The third-order valence-corrected chi connectivity index (χ3v) is 3.40. The molecule has 0 aliphatic carbocycles. The van der Waals surface area contributed by atoms with Crippen molar-refractivity contribution in [3.63, 3.8) is 0 Å². The molecule has 0 aromatic carbocycles. The molecule has 1 rings (SSSR count). The van der Waals surface area contributed by atoms with Gasteiger partial charge in [-0.15, -0.1) is 11.3 Å². The predicted molar refractivity (Wildman–Crippen MR) is 70.9 cm³/mol. The number of nitrogens with zero attached hydrogens (tertiary/aromatic N) is 1. The van der Waals surface area contributed by atoms with Crippen molar-refractivity contribution in [1.82, 2.24) is 10.3 Å². The molecule has 0 bridgehead atoms. The smallest absolute Gasteiger partial charge is 0.0897 e. The maximum absolute atomic E-state index is 6.13. The largest absolute Gasteiger partial charge is 0.324 e. The van der Waals surface area contributed by atoms with Crippen molar-refractivity contribution in [1.29, 1.82) is 0 Å². The minimum atomic E-state index is -0.0766. The quantitative estimate of drug-likeness (QED) is 0.719. The van der Waals surface area contributed by atoms with Crippen molar-refractivity contribution in [2.45, 2.75) is 45.6 Å². The summed E-state index contributed by atoms with van der Waals surface area (Å²) in [6.07, 6.45) is 3.20. The highest BCUT2D eigenvalue weighted by Crippen LogP contribution is 2.09. The third-order valence-electron chi connectivity index (χ3n) is 2.57. The van der Waals surface area contributed by atoms with Gasteiger partial charge in [0.1, 0.15) is 0 Å². The van der Waals surface area contributed by atoms with Gasteiger partial charge in [0, 0.05) is 30.4 Å². The summed E-state index contributed by atoms with van der Waals surface area (Å²) >= 11 is 1.71. The van der Waals surface area contributed by atoms with Crippen LogP contribution < -0.4 is 11.1 Å². The first-order valence-electron chi connectivity index (χ1n) is 5.94. The van der Waals surface area contributed by atoms with Crippen molar-refractivity contribution < 1.29 is 0 Å². The molecule has 0 spiro atoms. The Kier molecular flexibility index (Phi) is 5.38. The van der Waals surface area contributed by atoms with Crippen molar-refractivity contribution in [2.24, 2.45) is 5.73 Å². The van der Waals surface area contributed by atoms with Crippen LogP contribution in [0.2, 0.25) is 0 Å². The zero-order valence-electron chi connectivity index (χ0n) is 10.5. The molecule has 4 heteroatoms. The number of hydrogen-bond donors (Lipinski definition) is 2. The van der Waals surface area contributed by atoms with Gasteiger partial charge in [-0.3, -0.25) is 0 Å². The molecule has 0 aliphatic rings. The van der Waals surface area contributed by atoms with Gasteiger partial charge in [0.15, 0.2) is 0 Å². The van der Waals surface area contributed by atoms with Gasteiger partial charge >= 0.3 is 0 Å². The Labute approximate surface area is 102 Å². The molecule has 0 saturated carbocycles. The standard InChI is InChI=1S/C12H23N3S/c1-4-6-12(3,13)9-14-7-5-11-8-16-10(2)15-11/h8,14H,4-7,9,13H2,1-3H3. The topological polar surface area (TPSA) is 50.9 Å². The van der Waals surface area contributed by atoms with Gasteiger partial charge in [-0.1, -0.05) is 13.3 Å². The van der Waals surface area contributed by atoms with E-state index in [2.05, 4.69) is 29.5 Å². The lowest BCUT2D eigenvalue weighted by Gasteiger charge is -2.24. The Morgan fingerprint density at radius 2 is 2.31 bits per heavy atom. The van der Waals surface area contributed by atoms with Gasteiger partial charge in [0.25, 0.3) is 0 Å². The van der Waals surface area contributed by atoms with E-state index in [4.69, 9.17) is 5.73 Å². The summed E-state index contributed by atoms with van der Waals surface area (Å²) in [7, 11) is 0. The second-order valence-corrected chi connectivity index (χ2v) is 5.75. The van der Waals surface area contributed by atoms with E-state index in [1.807, 2.05) is 6.92 Å². The molecule has 92 valence electrons. The van der Waals surface area contributed by atoms with E-state index in [9.17, 15) is 0 Å². The SMILES string of the molecule is CCCC(C)(N)CNCCc1csc(C)n1. The van der Waals surface area contributed by atoms with Gasteiger partial charge in [0.05, 0.1) is 10.7 Å². The molecular weight excluding hydrogens is 218 g/mol. The maximum atomic E-state index is 6.13. The normalized spacial score (nSPS) is 15.0. The number of nitrogens with one attached hydrogen (secondary N) is 1. The molecule has 3 nitrogen and oxygen atoms in total. The zero-order valence-corrected chi connectivity index (χ0v) is 11.4. The Morgan fingerprint density at radius 3 is 2.88 bits per heavy atom. The van der Waals surface area contributed by atoms with E-state index in [1.54, 1.807) is 11.3 Å². The molecule has 0 aliphatic heterocycles. The lowest BCUT2D eigenvalue weighted by atomic mass is 9.98. The van der Waals surface area contributed by atoms with Crippen LogP contribution in [0.5, 0.6) is 0 Å². The first-order chi connectivity index (χ1) is 7.53. The van der Waals surface area contributed by atoms with Crippen molar-refractivity contribution in [2.75, 3.05) is 13.1 Å². The molecule has 0 fully saturated rings. The number of rotatable bonds is 7. The first kappa shape index (κ1) is 13.6. The summed E-state index contributed by atoms with van der Waals surface area (Å²) < 4.78 is 0. The van der Waals surface area contributed by atoms with E-state index in [0.29, 0.717) is 0 Å². The lowest BCUT2D eigenvalue weighted by Crippen LogP contribution is -2.46. The molecule has 1 atom stereocenters. The van der Waals surface area contributed by atoms with Crippen LogP contribution >= 0.6 is 11.3 Å². The molecule has 0 saturated heterocycles. The van der Waals surface area contributed by atoms with Gasteiger partial charge in [-0.25, -0.2) is 4.98 Å². The fraction of sp³-hybridized carbons (Fsp3) is 0.750. The van der Waals surface area contributed by atoms with E-state index in [0.717, 1.165) is 37.4 Å². The Balaban J connectivity index is 2.16. The van der Waals surface area contributed by atoms with Gasteiger partial charge in [-0.05, 0) is 20.3 Å². The van der Waals surface area contributed by atoms with Crippen LogP contribution in [0.15, 0.2) is 5.38 Å². The molecular formula is C12H23N3S. The summed E-state index contributed by atoms with van der Waals surface area (Å²) in [4.78, 5) is 4.43. The maximum Gasteiger partial charge on any atom is 0.0897 e. The highest BCUT2D eigenvalue weighted by Gasteiger charge is 2.15. The fourth-order valence-electron chi connectivity index (χ4n) is 1.77. The van der Waals surface area contributed by atoms with E-state index < -0.39 is 0 Å². The van der Waals surface area contributed by atoms with E-state index in [-0.39, 0.29) is 5.54 Å². The molecule has 16 heavy (non-hydrogen) atoms. The number of hydrogen-bond acceptors (Lipinski definition) is 4. The highest BCUT2D eigenvalue weighted by atomic mass is 32.1. The van der Waals surface area contributed by atoms with Gasteiger partial charge in [0.2, 0.25) is 0 Å². The van der Waals surface area contributed by atoms with Crippen LogP contribution in [0, 0.1) is 6.92 Å². The monoisotopic (exact) mass is 241 g/mol. The predicted octanol–water partition coefficient (Wildman–Crippen LogP) is 2.10. The number of thiazole rings is 1. The molecule has 0 radical (unpaired) electrons. The number of nitrogens with two attached hydrogens (primary N) is 1. The van der Waals surface area contributed by atoms with Gasteiger partial charge in [-0.2, -0.15) is 0 Å². The average Bonchev–Trinajstić information content (AvgIpc) is 2.59. The van der Waals surface area contributed by atoms with Crippen molar-refractivity contribution in [3.05, 3.63) is 16.1 Å². The summed E-state index contributed by atoms with van der Waals surface area (Å²) in [6.45, 7) is 8.16. The van der Waals surface area contributed by atoms with Gasteiger partial charge < -0.3 is 11.1 Å². The first-order valence-corrected chi connectivity index (χ1v) is 6.82. The van der Waals surface area contributed by atoms with Crippen LogP contribution in [0.3, 0.4) is 0 Å². The van der Waals surface area contributed by atoms with Crippen LogP contribution in [0.1, 0.15) is 37.4 Å². The summed E-state index contributed by atoms with van der Waals surface area (Å²) in [6, 6.07) is 0. The molecule has 1 heterocycles. The molecule has 1 aromatic rings. The lowest BCUT2D eigenvalue weighted by molar-refractivity contribution is 0.398.